The van der Waals surface area contributed by atoms with Crippen molar-refractivity contribution in [2.75, 3.05) is 21.3 Å². The van der Waals surface area contributed by atoms with Crippen LogP contribution in [0.3, 0.4) is 0 Å². The third-order valence-corrected chi connectivity index (χ3v) is 5.05. The average molecular weight is 387 g/mol. The van der Waals surface area contributed by atoms with Crippen molar-refractivity contribution in [1.29, 1.82) is 0 Å². The fourth-order valence-electron chi connectivity index (χ4n) is 3.56. The van der Waals surface area contributed by atoms with E-state index in [0.29, 0.717) is 47.0 Å². The molecule has 0 radical (unpaired) electrons. The van der Waals surface area contributed by atoms with Gasteiger partial charge >= 0.3 is 0 Å². The molecule has 1 aromatic carbocycles. The molecule has 1 unspecified atom stereocenters. The molecule has 2 aromatic rings. The number of nitrogens with one attached hydrogen (secondary N) is 1. The van der Waals surface area contributed by atoms with Crippen molar-refractivity contribution in [1.82, 2.24) is 5.32 Å². The lowest BCUT2D eigenvalue weighted by atomic mass is 9.94. The Morgan fingerprint density at radius 2 is 1.75 bits per heavy atom. The fourth-order valence-corrected chi connectivity index (χ4v) is 3.56. The molecular formula is C21H25NO6. The summed E-state index contributed by atoms with van der Waals surface area (Å²) >= 11 is 0. The third-order valence-electron chi connectivity index (χ3n) is 5.05. The highest BCUT2D eigenvalue weighted by molar-refractivity contribution is 6.03. The lowest BCUT2D eigenvalue weighted by Gasteiger charge is -2.18. The second kappa shape index (κ2) is 7.96. The minimum atomic E-state index is -0.360. The maximum atomic E-state index is 12.8. The molecule has 1 heterocycles. The van der Waals surface area contributed by atoms with Gasteiger partial charge in [-0.15, -0.1) is 0 Å². The third kappa shape index (κ3) is 3.44. The summed E-state index contributed by atoms with van der Waals surface area (Å²) in [6.07, 6.45) is 1.93. The predicted octanol–water partition coefficient (Wildman–Crippen LogP) is 3.62. The lowest BCUT2D eigenvalue weighted by molar-refractivity contribution is 0.0906. The zero-order valence-corrected chi connectivity index (χ0v) is 16.8. The molecule has 7 nitrogen and oxygen atoms in total. The highest BCUT2D eigenvalue weighted by atomic mass is 16.5. The van der Waals surface area contributed by atoms with Gasteiger partial charge in [0.1, 0.15) is 5.76 Å². The van der Waals surface area contributed by atoms with Crippen LogP contribution in [0, 0.1) is 6.92 Å². The Bertz CT molecular complexity index is 889. The minimum Gasteiger partial charge on any atom is -0.493 e. The molecule has 0 saturated heterocycles. The number of benzene rings is 1. The first-order chi connectivity index (χ1) is 13.4. The number of Topliss-reactive ketones (excluding diaryl/α,β-unsaturated/α-hetero) is 1. The van der Waals surface area contributed by atoms with E-state index in [-0.39, 0.29) is 23.5 Å². The number of hydrogen-bond acceptors (Lipinski definition) is 6. The van der Waals surface area contributed by atoms with Crippen LogP contribution in [0.2, 0.25) is 0 Å². The van der Waals surface area contributed by atoms with Crippen LogP contribution in [-0.4, -0.2) is 33.0 Å². The quantitative estimate of drug-likeness (QED) is 0.815. The van der Waals surface area contributed by atoms with Crippen molar-refractivity contribution in [3.8, 4) is 17.2 Å². The Balaban J connectivity index is 1.87. The molecule has 3 rings (SSSR count). The van der Waals surface area contributed by atoms with Crippen molar-refractivity contribution < 1.29 is 28.2 Å². The summed E-state index contributed by atoms with van der Waals surface area (Å²) in [6.45, 7) is 3.60. The van der Waals surface area contributed by atoms with Crippen LogP contribution in [0.25, 0.3) is 0 Å². The molecule has 1 atom stereocenters. The number of rotatable bonds is 6. The minimum absolute atomic E-state index is 0.0409. The van der Waals surface area contributed by atoms with Crippen molar-refractivity contribution in [2.24, 2.45) is 0 Å². The zero-order valence-electron chi connectivity index (χ0n) is 16.8. The maximum Gasteiger partial charge on any atom is 0.287 e. The fraction of sp³-hybridized carbons (Fsp3) is 0.429. The first-order valence-electron chi connectivity index (χ1n) is 9.17. The standard InChI is InChI=1S/C21H25NO6/c1-11-18-14(23)7-6-8-15(18)28-19(11)21(24)22-12(2)13-9-16(25-3)20(27-5)17(10-13)26-4/h9-10,12H,6-8H2,1-5H3,(H,22,24). The second-order valence-corrected chi connectivity index (χ2v) is 6.78. The number of fused-ring (bicyclic) bond motifs is 1. The molecule has 1 N–H and O–H groups in total. The van der Waals surface area contributed by atoms with Crippen LogP contribution >= 0.6 is 0 Å². The van der Waals surface area contributed by atoms with E-state index in [1.54, 1.807) is 19.1 Å². The summed E-state index contributed by atoms with van der Waals surface area (Å²) in [4.78, 5) is 25.0. The molecule has 7 heteroatoms. The van der Waals surface area contributed by atoms with Gasteiger partial charge in [0.2, 0.25) is 5.75 Å². The normalized spacial score (nSPS) is 14.2. The number of hydrogen-bond donors (Lipinski definition) is 1. The largest absolute Gasteiger partial charge is 0.493 e. The molecular weight excluding hydrogens is 362 g/mol. The van der Waals surface area contributed by atoms with Gasteiger partial charge in [0.25, 0.3) is 5.91 Å². The lowest BCUT2D eigenvalue weighted by Crippen LogP contribution is -2.27. The molecule has 0 fully saturated rings. The molecule has 1 amide bonds. The van der Waals surface area contributed by atoms with E-state index in [2.05, 4.69) is 5.32 Å². The van der Waals surface area contributed by atoms with E-state index in [1.165, 1.54) is 21.3 Å². The molecule has 0 bridgehead atoms. The Morgan fingerprint density at radius 1 is 1.11 bits per heavy atom. The van der Waals surface area contributed by atoms with E-state index < -0.39 is 0 Å². The van der Waals surface area contributed by atoms with Gasteiger partial charge in [0.05, 0.1) is 32.9 Å². The Morgan fingerprint density at radius 3 is 2.29 bits per heavy atom. The molecule has 1 aliphatic rings. The van der Waals surface area contributed by atoms with Crippen LogP contribution in [-0.2, 0) is 6.42 Å². The molecule has 0 saturated carbocycles. The van der Waals surface area contributed by atoms with Crippen LogP contribution in [0.5, 0.6) is 17.2 Å². The maximum absolute atomic E-state index is 12.8. The number of aryl methyl sites for hydroxylation is 1. The summed E-state index contributed by atoms with van der Waals surface area (Å²) in [5.41, 5.74) is 1.96. The average Bonchev–Trinajstić information content (AvgIpc) is 3.04. The monoisotopic (exact) mass is 387 g/mol. The van der Waals surface area contributed by atoms with Crippen LogP contribution < -0.4 is 19.5 Å². The van der Waals surface area contributed by atoms with Crippen LogP contribution in [0.15, 0.2) is 16.5 Å². The van der Waals surface area contributed by atoms with Crippen molar-refractivity contribution in [3.05, 3.63) is 40.3 Å². The van der Waals surface area contributed by atoms with E-state index in [4.69, 9.17) is 18.6 Å². The van der Waals surface area contributed by atoms with Gasteiger partial charge in [-0.25, -0.2) is 0 Å². The first kappa shape index (κ1) is 19.8. The van der Waals surface area contributed by atoms with Gasteiger partial charge in [-0.05, 0) is 38.0 Å². The molecule has 0 aliphatic heterocycles. The van der Waals surface area contributed by atoms with E-state index in [1.807, 2.05) is 6.92 Å². The molecule has 1 aromatic heterocycles. The molecule has 28 heavy (non-hydrogen) atoms. The SMILES string of the molecule is COc1cc(C(C)NC(=O)c2oc3c(c2C)C(=O)CCC3)cc(OC)c1OC. The number of furan rings is 1. The number of methoxy groups -OCH3 is 3. The van der Waals surface area contributed by atoms with Crippen molar-refractivity contribution in [2.45, 2.75) is 39.2 Å². The van der Waals surface area contributed by atoms with Gasteiger partial charge in [-0.1, -0.05) is 0 Å². The predicted molar refractivity (Wildman–Crippen MR) is 103 cm³/mol. The number of ether oxygens (including phenoxy) is 3. The Kier molecular flexibility index (Phi) is 5.63. The number of carbonyl (C=O) groups excluding carboxylic acids is 2. The zero-order chi connectivity index (χ0) is 20.4. The summed E-state index contributed by atoms with van der Waals surface area (Å²) in [5, 5.41) is 2.92. The summed E-state index contributed by atoms with van der Waals surface area (Å²) < 4.78 is 21.8. The number of carbonyl (C=O) groups is 2. The smallest absolute Gasteiger partial charge is 0.287 e. The van der Waals surface area contributed by atoms with E-state index in [0.717, 1.165) is 12.0 Å². The number of ketones is 1. The van der Waals surface area contributed by atoms with Crippen LogP contribution in [0.4, 0.5) is 0 Å². The van der Waals surface area contributed by atoms with Crippen LogP contribution in [0.1, 0.15) is 63.6 Å². The summed E-state index contributed by atoms with van der Waals surface area (Å²) in [5.74, 6) is 1.99. The molecule has 1 aliphatic carbocycles. The van der Waals surface area contributed by atoms with Gasteiger partial charge < -0.3 is 23.9 Å². The van der Waals surface area contributed by atoms with E-state index in [9.17, 15) is 9.59 Å². The summed E-state index contributed by atoms with van der Waals surface area (Å²) in [7, 11) is 4.62. The van der Waals surface area contributed by atoms with Crippen molar-refractivity contribution in [3.63, 3.8) is 0 Å². The highest BCUT2D eigenvalue weighted by Gasteiger charge is 2.29. The molecule has 0 spiro atoms. The molecule has 150 valence electrons. The topological polar surface area (TPSA) is 87.0 Å². The first-order valence-corrected chi connectivity index (χ1v) is 9.17. The second-order valence-electron chi connectivity index (χ2n) is 6.78. The van der Waals surface area contributed by atoms with Gasteiger partial charge in [-0.3, -0.25) is 9.59 Å². The van der Waals surface area contributed by atoms with Gasteiger partial charge in [0.15, 0.2) is 23.0 Å². The Hall–Kier alpha value is -2.96. The van der Waals surface area contributed by atoms with Crippen molar-refractivity contribution >= 4 is 11.7 Å². The number of amides is 1. The Labute approximate surface area is 164 Å². The summed E-state index contributed by atoms with van der Waals surface area (Å²) in [6, 6.07) is 3.23. The highest BCUT2D eigenvalue weighted by Crippen LogP contribution is 2.39. The van der Waals surface area contributed by atoms with Gasteiger partial charge in [-0.2, -0.15) is 0 Å². The van der Waals surface area contributed by atoms with Gasteiger partial charge in [0, 0.05) is 18.4 Å². The van der Waals surface area contributed by atoms with E-state index >= 15 is 0 Å².